The van der Waals surface area contributed by atoms with Crippen molar-refractivity contribution in [2.45, 2.75) is 17.7 Å². The molecule has 5 heteroatoms. The molecule has 0 aliphatic carbocycles. The van der Waals surface area contributed by atoms with Crippen LogP contribution >= 0.6 is 34.7 Å². The summed E-state index contributed by atoms with van der Waals surface area (Å²) in [5.74, 6) is 0. The van der Waals surface area contributed by atoms with Gasteiger partial charge in [0.2, 0.25) is 0 Å². The molecule has 12 heavy (non-hydrogen) atoms. The van der Waals surface area contributed by atoms with Crippen LogP contribution in [0.4, 0.5) is 0 Å². The molecule has 1 heterocycles. The number of thiazole rings is 1. The van der Waals surface area contributed by atoms with Crippen LogP contribution in [-0.4, -0.2) is 16.5 Å². The zero-order chi connectivity index (χ0) is 9.14. The van der Waals surface area contributed by atoms with E-state index >= 15 is 0 Å². The van der Waals surface area contributed by atoms with Gasteiger partial charge in [0.1, 0.15) is 4.88 Å². The van der Waals surface area contributed by atoms with Crippen molar-refractivity contribution < 1.29 is 4.79 Å². The molecule has 0 atom stereocenters. The topological polar surface area (TPSA) is 30.0 Å². The molecule has 0 amide bonds. The summed E-state index contributed by atoms with van der Waals surface area (Å²) >= 11 is 8.28. The lowest BCUT2D eigenvalue weighted by atomic mass is 10.3. The molecular weight excluding hydrogens is 214 g/mol. The van der Waals surface area contributed by atoms with E-state index in [1.807, 2.05) is 13.2 Å². The van der Waals surface area contributed by atoms with E-state index in [9.17, 15) is 4.79 Å². The maximum Gasteiger partial charge on any atom is 0.264 e. The molecule has 1 aromatic heterocycles. The normalized spacial score (nSPS) is 10.2. The third-order valence-electron chi connectivity index (χ3n) is 1.37. The number of nitrogens with zero attached hydrogens (tertiary/aromatic N) is 1. The smallest absolute Gasteiger partial charge is 0.264 e. The van der Waals surface area contributed by atoms with E-state index in [2.05, 4.69) is 4.98 Å². The fourth-order valence-electron chi connectivity index (χ4n) is 0.810. The molecule has 0 saturated heterocycles. The monoisotopic (exact) mass is 221 g/mol. The quantitative estimate of drug-likeness (QED) is 0.581. The van der Waals surface area contributed by atoms with Gasteiger partial charge in [-0.15, -0.1) is 11.3 Å². The second-order valence-corrected chi connectivity index (χ2v) is 4.48. The van der Waals surface area contributed by atoms with Crippen LogP contribution in [-0.2, 0) is 6.42 Å². The van der Waals surface area contributed by atoms with Crippen molar-refractivity contribution in [1.82, 2.24) is 4.98 Å². The van der Waals surface area contributed by atoms with E-state index in [1.165, 1.54) is 23.1 Å². The maximum absolute atomic E-state index is 10.9. The first-order valence-corrected chi connectivity index (χ1v) is 5.84. The summed E-state index contributed by atoms with van der Waals surface area (Å²) in [4.78, 5) is 15.7. The lowest BCUT2D eigenvalue weighted by Crippen LogP contribution is -1.90. The minimum absolute atomic E-state index is 0.398. The van der Waals surface area contributed by atoms with Gasteiger partial charge in [-0.3, -0.25) is 4.79 Å². The van der Waals surface area contributed by atoms with Gasteiger partial charge in [-0.25, -0.2) is 4.98 Å². The zero-order valence-electron chi connectivity index (χ0n) is 6.76. The van der Waals surface area contributed by atoms with Crippen LogP contribution in [0.1, 0.15) is 22.3 Å². The van der Waals surface area contributed by atoms with Gasteiger partial charge >= 0.3 is 0 Å². The summed E-state index contributed by atoms with van der Waals surface area (Å²) in [5.41, 5.74) is 0.810. The van der Waals surface area contributed by atoms with Gasteiger partial charge < -0.3 is 0 Å². The van der Waals surface area contributed by atoms with Crippen molar-refractivity contribution >= 4 is 39.9 Å². The Hall–Kier alpha value is -0.0600. The van der Waals surface area contributed by atoms with Crippen molar-refractivity contribution in [1.29, 1.82) is 0 Å². The SMILES string of the molecule is CCc1nc(SC)sc1C(=O)Cl. The van der Waals surface area contributed by atoms with Gasteiger partial charge in [-0.2, -0.15) is 0 Å². The molecule has 0 aliphatic heterocycles. The predicted octanol–water partition coefficient (Wildman–Crippen LogP) is 2.81. The first-order valence-electron chi connectivity index (χ1n) is 3.42. The summed E-state index contributed by atoms with van der Waals surface area (Å²) in [7, 11) is 0. The molecule has 0 aromatic carbocycles. The first kappa shape index (κ1) is 10.0. The molecular formula is C7H8ClNOS2. The van der Waals surface area contributed by atoms with Crippen LogP contribution in [0.2, 0.25) is 0 Å². The molecule has 0 N–H and O–H groups in total. The Bertz CT molecular complexity index is 298. The Morgan fingerprint density at radius 2 is 2.42 bits per heavy atom. The van der Waals surface area contributed by atoms with Crippen LogP contribution < -0.4 is 0 Å². The highest BCUT2D eigenvalue weighted by Crippen LogP contribution is 2.27. The van der Waals surface area contributed by atoms with E-state index in [4.69, 9.17) is 11.6 Å². The third-order valence-corrected chi connectivity index (χ3v) is 3.75. The Kier molecular flexibility index (Phi) is 3.55. The molecule has 0 spiro atoms. The van der Waals surface area contributed by atoms with E-state index in [0.29, 0.717) is 4.88 Å². The highest BCUT2D eigenvalue weighted by molar-refractivity contribution is 8.00. The fraction of sp³-hybridized carbons (Fsp3) is 0.429. The number of hydrogen-bond acceptors (Lipinski definition) is 4. The minimum Gasteiger partial charge on any atom is -0.275 e. The van der Waals surface area contributed by atoms with Crippen molar-refractivity contribution in [3.63, 3.8) is 0 Å². The third kappa shape index (κ3) is 2.00. The molecule has 0 radical (unpaired) electrons. The lowest BCUT2D eigenvalue weighted by Gasteiger charge is -1.88. The molecule has 1 rings (SSSR count). The molecule has 0 fully saturated rings. The fourth-order valence-corrected chi connectivity index (χ4v) is 2.54. The van der Waals surface area contributed by atoms with Crippen molar-refractivity contribution in [3.8, 4) is 0 Å². The first-order chi connectivity index (χ1) is 5.69. The molecule has 0 aliphatic rings. The summed E-state index contributed by atoms with van der Waals surface area (Å²) in [5, 5.41) is -0.398. The molecule has 1 aromatic rings. The van der Waals surface area contributed by atoms with Crippen LogP contribution in [0, 0.1) is 0 Å². The van der Waals surface area contributed by atoms with Crippen LogP contribution in [0.3, 0.4) is 0 Å². The number of halogens is 1. The molecule has 0 saturated carbocycles. The van der Waals surface area contributed by atoms with Gasteiger partial charge in [0.05, 0.1) is 5.69 Å². The van der Waals surface area contributed by atoms with Gasteiger partial charge in [0.15, 0.2) is 4.34 Å². The Balaban J connectivity index is 3.08. The minimum atomic E-state index is -0.398. The van der Waals surface area contributed by atoms with E-state index in [0.717, 1.165) is 16.5 Å². The zero-order valence-corrected chi connectivity index (χ0v) is 9.15. The molecule has 0 bridgehead atoms. The summed E-state index contributed by atoms with van der Waals surface area (Å²) in [6, 6.07) is 0. The van der Waals surface area contributed by atoms with Crippen molar-refractivity contribution in [2.75, 3.05) is 6.26 Å². The highest BCUT2D eigenvalue weighted by Gasteiger charge is 2.13. The highest BCUT2D eigenvalue weighted by atomic mass is 35.5. The summed E-state index contributed by atoms with van der Waals surface area (Å²) in [6.07, 6.45) is 2.69. The second kappa shape index (κ2) is 4.25. The van der Waals surface area contributed by atoms with E-state index in [-0.39, 0.29) is 0 Å². The Labute approximate surface area is 84.3 Å². The predicted molar refractivity (Wildman–Crippen MR) is 53.5 cm³/mol. The van der Waals surface area contributed by atoms with Gasteiger partial charge in [-0.1, -0.05) is 18.7 Å². The lowest BCUT2D eigenvalue weighted by molar-refractivity contribution is 0.108. The summed E-state index contributed by atoms with van der Waals surface area (Å²) in [6.45, 7) is 1.96. The number of aromatic nitrogens is 1. The van der Waals surface area contributed by atoms with E-state index < -0.39 is 5.24 Å². The number of rotatable bonds is 3. The number of thioether (sulfide) groups is 1. The number of carbonyl (C=O) groups excluding carboxylic acids is 1. The van der Waals surface area contributed by atoms with Crippen LogP contribution in [0.25, 0.3) is 0 Å². The largest absolute Gasteiger partial charge is 0.275 e. The number of aryl methyl sites for hydroxylation is 1. The Morgan fingerprint density at radius 1 is 1.75 bits per heavy atom. The molecule has 66 valence electrons. The van der Waals surface area contributed by atoms with Crippen molar-refractivity contribution in [2.24, 2.45) is 0 Å². The standard InChI is InChI=1S/C7H8ClNOS2/c1-3-4-5(6(8)10)12-7(9-4)11-2/h3H2,1-2H3. The molecule has 0 unspecified atom stereocenters. The summed E-state index contributed by atoms with van der Waals surface area (Å²) < 4.78 is 0.899. The average molecular weight is 222 g/mol. The second-order valence-electron chi connectivity index (χ2n) is 2.09. The Morgan fingerprint density at radius 3 is 2.75 bits per heavy atom. The molecule has 2 nitrogen and oxygen atoms in total. The number of carbonyl (C=O) groups is 1. The van der Waals surface area contributed by atoms with Crippen LogP contribution in [0.5, 0.6) is 0 Å². The average Bonchev–Trinajstić information content (AvgIpc) is 2.47. The van der Waals surface area contributed by atoms with Crippen molar-refractivity contribution in [3.05, 3.63) is 10.6 Å². The van der Waals surface area contributed by atoms with Gasteiger partial charge in [0.25, 0.3) is 5.24 Å². The van der Waals surface area contributed by atoms with Gasteiger partial charge in [-0.05, 0) is 24.3 Å². The number of hydrogen-bond donors (Lipinski definition) is 0. The van der Waals surface area contributed by atoms with Gasteiger partial charge in [0, 0.05) is 0 Å². The van der Waals surface area contributed by atoms with E-state index in [1.54, 1.807) is 0 Å². The maximum atomic E-state index is 10.9. The van der Waals surface area contributed by atoms with Crippen LogP contribution in [0.15, 0.2) is 4.34 Å².